The van der Waals surface area contributed by atoms with E-state index in [-0.39, 0.29) is 0 Å². The maximum absolute atomic E-state index is 3.84. The highest BCUT2D eigenvalue weighted by molar-refractivity contribution is 4.93. The van der Waals surface area contributed by atoms with Gasteiger partial charge in [0, 0.05) is 12.6 Å². The molecule has 1 N–H and O–H groups in total. The zero-order chi connectivity index (χ0) is 8.65. The monoisotopic (exact) mass is 166 g/mol. The molecule has 0 fully saturated rings. The van der Waals surface area contributed by atoms with E-state index in [1.165, 1.54) is 32.1 Å². The van der Waals surface area contributed by atoms with Gasteiger partial charge in [0.25, 0.3) is 0 Å². The van der Waals surface area contributed by atoms with Gasteiger partial charge in [0.05, 0.1) is 0 Å². The highest BCUT2D eigenvalue weighted by atomic mass is 14.9. The van der Waals surface area contributed by atoms with E-state index >= 15 is 0 Å². The molecule has 0 bridgehead atoms. The summed E-state index contributed by atoms with van der Waals surface area (Å²) in [5.41, 5.74) is 0. The van der Waals surface area contributed by atoms with Crippen LogP contribution in [-0.2, 0) is 0 Å². The highest BCUT2D eigenvalue weighted by Gasteiger charge is 2.07. The fourth-order valence-corrected chi connectivity index (χ4v) is 1.63. The van der Waals surface area contributed by atoms with Gasteiger partial charge in [0.2, 0.25) is 0 Å². The minimum absolute atomic E-state index is 0.750. The molecule has 1 radical (unpaired) electrons. The highest BCUT2D eigenvalue weighted by Crippen LogP contribution is 2.10. The van der Waals surface area contributed by atoms with E-state index in [2.05, 4.69) is 24.4 Å². The quantitative estimate of drug-likeness (QED) is 0.489. The molecule has 0 spiro atoms. The van der Waals surface area contributed by atoms with E-state index in [0.29, 0.717) is 0 Å². The molecule has 1 rings (SSSR count). The summed E-state index contributed by atoms with van der Waals surface area (Å²) in [5, 5.41) is 3.49. The number of hydrogen-bond acceptors (Lipinski definition) is 1. The summed E-state index contributed by atoms with van der Waals surface area (Å²) in [6.45, 7) is 4.91. The van der Waals surface area contributed by atoms with Crippen LogP contribution in [0.1, 0.15) is 38.5 Å². The normalized spacial score (nSPS) is 22.9. The van der Waals surface area contributed by atoms with Crippen molar-refractivity contribution in [3.63, 3.8) is 0 Å². The third kappa shape index (κ3) is 3.91. The van der Waals surface area contributed by atoms with Crippen molar-refractivity contribution in [2.24, 2.45) is 0 Å². The summed E-state index contributed by atoms with van der Waals surface area (Å²) in [6.07, 6.45) is 12.2. The first kappa shape index (κ1) is 9.79. The van der Waals surface area contributed by atoms with Gasteiger partial charge in [-0.25, -0.2) is 0 Å². The molecule has 0 amide bonds. The largest absolute Gasteiger partial charge is 0.310 e. The Morgan fingerprint density at radius 2 is 2.17 bits per heavy atom. The van der Waals surface area contributed by atoms with Crippen molar-refractivity contribution in [1.82, 2.24) is 5.32 Å². The Kier molecular flexibility index (Phi) is 5.09. The molecule has 69 valence electrons. The van der Waals surface area contributed by atoms with Crippen molar-refractivity contribution in [3.8, 4) is 0 Å². The zero-order valence-electron chi connectivity index (χ0n) is 7.89. The Morgan fingerprint density at radius 3 is 2.83 bits per heavy atom. The van der Waals surface area contributed by atoms with Crippen molar-refractivity contribution >= 4 is 0 Å². The first-order valence-corrected chi connectivity index (χ1v) is 5.11. The molecule has 0 aliphatic carbocycles. The predicted molar refractivity (Wildman–Crippen MR) is 54.0 cm³/mol. The standard InChI is InChI=1S/C11H20N/c1-2-3-4-5-8-11-9-6-7-10-12-11/h6-7,11-12H,1-5,8-10H2. The molecule has 12 heavy (non-hydrogen) atoms. The maximum atomic E-state index is 3.84. The average Bonchev–Trinajstić information content (AvgIpc) is 2.14. The lowest BCUT2D eigenvalue weighted by Gasteiger charge is -2.19. The predicted octanol–water partition coefficient (Wildman–Crippen LogP) is 2.69. The van der Waals surface area contributed by atoms with E-state index in [0.717, 1.165) is 19.0 Å². The van der Waals surface area contributed by atoms with Crippen LogP contribution in [0.3, 0.4) is 0 Å². The van der Waals surface area contributed by atoms with Gasteiger partial charge < -0.3 is 5.32 Å². The van der Waals surface area contributed by atoms with Crippen molar-refractivity contribution in [1.29, 1.82) is 0 Å². The first-order valence-electron chi connectivity index (χ1n) is 5.11. The third-order valence-corrected chi connectivity index (χ3v) is 2.41. The molecule has 1 atom stereocenters. The summed E-state index contributed by atoms with van der Waals surface area (Å²) in [5.74, 6) is 0. The Labute approximate surface area is 76.2 Å². The molecular weight excluding hydrogens is 146 g/mol. The molecule has 0 aromatic rings. The fraction of sp³-hybridized carbons (Fsp3) is 0.727. The van der Waals surface area contributed by atoms with Gasteiger partial charge >= 0.3 is 0 Å². The number of unbranched alkanes of at least 4 members (excludes halogenated alkanes) is 3. The van der Waals surface area contributed by atoms with E-state index in [4.69, 9.17) is 0 Å². The van der Waals surface area contributed by atoms with Crippen LogP contribution in [0.2, 0.25) is 0 Å². The Bertz CT molecular complexity index is 129. The molecule has 1 heteroatoms. The van der Waals surface area contributed by atoms with E-state index in [1.807, 2.05) is 0 Å². The molecule has 1 unspecified atom stereocenters. The lowest BCUT2D eigenvalue weighted by molar-refractivity contribution is 0.467. The van der Waals surface area contributed by atoms with Crippen LogP contribution in [0, 0.1) is 6.92 Å². The van der Waals surface area contributed by atoms with E-state index in [1.54, 1.807) is 0 Å². The van der Waals surface area contributed by atoms with E-state index in [9.17, 15) is 0 Å². The Balaban J connectivity index is 1.95. The molecule has 0 saturated carbocycles. The molecule has 0 saturated heterocycles. The molecule has 0 aromatic heterocycles. The molecule has 1 aliphatic heterocycles. The SMILES string of the molecule is [CH2]CCCCCC1CC=CCN1. The van der Waals surface area contributed by atoms with E-state index < -0.39 is 0 Å². The minimum atomic E-state index is 0.750. The van der Waals surface area contributed by atoms with Crippen LogP contribution in [0.15, 0.2) is 12.2 Å². The van der Waals surface area contributed by atoms with Crippen molar-refractivity contribution in [2.45, 2.75) is 44.6 Å². The first-order chi connectivity index (χ1) is 5.93. The van der Waals surface area contributed by atoms with Gasteiger partial charge in [0.15, 0.2) is 0 Å². The van der Waals surface area contributed by atoms with Crippen LogP contribution in [0.25, 0.3) is 0 Å². The molecule has 0 aromatic carbocycles. The van der Waals surface area contributed by atoms with Gasteiger partial charge in [-0.3, -0.25) is 0 Å². The fourth-order valence-electron chi connectivity index (χ4n) is 1.63. The van der Waals surface area contributed by atoms with Crippen molar-refractivity contribution < 1.29 is 0 Å². The summed E-state index contributed by atoms with van der Waals surface area (Å²) in [7, 11) is 0. The van der Waals surface area contributed by atoms with Crippen LogP contribution < -0.4 is 5.32 Å². The van der Waals surface area contributed by atoms with Crippen LogP contribution in [0.5, 0.6) is 0 Å². The van der Waals surface area contributed by atoms with Gasteiger partial charge in [-0.05, 0) is 12.8 Å². The zero-order valence-corrected chi connectivity index (χ0v) is 7.89. The summed E-state index contributed by atoms with van der Waals surface area (Å²) in [6, 6.07) is 0.750. The second-order valence-electron chi connectivity index (χ2n) is 3.52. The Morgan fingerprint density at radius 1 is 1.25 bits per heavy atom. The second-order valence-corrected chi connectivity index (χ2v) is 3.52. The summed E-state index contributed by atoms with van der Waals surface area (Å²) < 4.78 is 0. The lowest BCUT2D eigenvalue weighted by Crippen LogP contribution is -2.31. The van der Waals surface area contributed by atoms with Crippen LogP contribution >= 0.6 is 0 Å². The summed E-state index contributed by atoms with van der Waals surface area (Å²) in [4.78, 5) is 0. The van der Waals surface area contributed by atoms with Crippen molar-refractivity contribution in [2.75, 3.05) is 6.54 Å². The molecular formula is C11H20N. The minimum Gasteiger partial charge on any atom is -0.310 e. The lowest BCUT2D eigenvalue weighted by atomic mass is 10.0. The molecule has 1 nitrogen and oxygen atoms in total. The Hall–Kier alpha value is -0.300. The van der Waals surface area contributed by atoms with Gasteiger partial charge in [-0.1, -0.05) is 44.8 Å². The summed E-state index contributed by atoms with van der Waals surface area (Å²) >= 11 is 0. The number of rotatable bonds is 5. The van der Waals surface area contributed by atoms with Crippen molar-refractivity contribution in [3.05, 3.63) is 19.1 Å². The van der Waals surface area contributed by atoms with Gasteiger partial charge in [-0.2, -0.15) is 0 Å². The number of nitrogens with one attached hydrogen (secondary N) is 1. The van der Waals surface area contributed by atoms with Crippen LogP contribution in [-0.4, -0.2) is 12.6 Å². The second kappa shape index (κ2) is 6.24. The smallest absolute Gasteiger partial charge is 0.0137 e. The van der Waals surface area contributed by atoms with Gasteiger partial charge in [0.1, 0.15) is 0 Å². The molecule has 1 aliphatic rings. The average molecular weight is 166 g/mol. The topological polar surface area (TPSA) is 12.0 Å². The van der Waals surface area contributed by atoms with Crippen LogP contribution in [0.4, 0.5) is 0 Å². The van der Waals surface area contributed by atoms with Gasteiger partial charge in [-0.15, -0.1) is 0 Å². The third-order valence-electron chi connectivity index (χ3n) is 2.41. The number of hydrogen-bond donors (Lipinski definition) is 1. The molecule has 1 heterocycles. The maximum Gasteiger partial charge on any atom is 0.0137 e.